The van der Waals surface area contributed by atoms with Crippen LogP contribution in [0.4, 0.5) is 5.95 Å². The number of hydrogen-bond acceptors (Lipinski definition) is 6. The van der Waals surface area contributed by atoms with Crippen LogP contribution in [0.3, 0.4) is 0 Å². The van der Waals surface area contributed by atoms with Crippen molar-refractivity contribution >= 4 is 34.4 Å². The molecule has 176 valence electrons. The Hall–Kier alpha value is -4.59. The van der Waals surface area contributed by atoms with Crippen LogP contribution in [-0.2, 0) is 9.59 Å². The van der Waals surface area contributed by atoms with Crippen molar-refractivity contribution in [2.75, 3.05) is 19.1 Å². The number of imidazole rings is 1. The van der Waals surface area contributed by atoms with Crippen molar-refractivity contribution in [2.45, 2.75) is 13.0 Å². The number of aliphatic hydroxyl groups is 1. The molecule has 1 atom stereocenters. The number of fused-ring (bicyclic) bond motifs is 1. The second-order valence-corrected chi connectivity index (χ2v) is 8.25. The minimum Gasteiger partial charge on any atom is -0.507 e. The smallest absolute Gasteiger partial charge is 0.302 e. The molecule has 1 aromatic heterocycles. The van der Waals surface area contributed by atoms with Crippen LogP contribution < -0.4 is 14.4 Å². The van der Waals surface area contributed by atoms with Gasteiger partial charge in [0.15, 0.2) is 0 Å². The summed E-state index contributed by atoms with van der Waals surface area (Å²) in [5.74, 6) is -0.378. The summed E-state index contributed by atoms with van der Waals surface area (Å²) in [7, 11) is 3.12. The average molecular weight is 469 g/mol. The normalized spacial score (nSPS) is 17.2. The Bertz CT molecular complexity index is 1470. The quantitative estimate of drug-likeness (QED) is 0.253. The van der Waals surface area contributed by atoms with Gasteiger partial charge in [0, 0.05) is 11.6 Å². The molecular formula is C27H23N3O5. The first-order valence-electron chi connectivity index (χ1n) is 11.0. The van der Waals surface area contributed by atoms with Gasteiger partial charge in [-0.05, 0) is 36.8 Å². The summed E-state index contributed by atoms with van der Waals surface area (Å²) in [5, 5.41) is 11.2. The van der Waals surface area contributed by atoms with Gasteiger partial charge in [0.25, 0.3) is 5.78 Å². The van der Waals surface area contributed by atoms with Gasteiger partial charge in [-0.3, -0.25) is 14.5 Å². The number of carbonyl (C=O) groups is 2. The minimum atomic E-state index is -0.898. The van der Waals surface area contributed by atoms with Crippen molar-refractivity contribution in [3.63, 3.8) is 0 Å². The van der Waals surface area contributed by atoms with Crippen molar-refractivity contribution in [2.24, 2.45) is 0 Å². The van der Waals surface area contributed by atoms with Gasteiger partial charge in [-0.15, -0.1) is 0 Å². The zero-order valence-electron chi connectivity index (χ0n) is 19.4. The summed E-state index contributed by atoms with van der Waals surface area (Å²) < 4.78 is 10.5. The van der Waals surface area contributed by atoms with Crippen LogP contribution in [0.25, 0.3) is 16.8 Å². The van der Waals surface area contributed by atoms with Gasteiger partial charge in [0.2, 0.25) is 5.95 Å². The fourth-order valence-corrected chi connectivity index (χ4v) is 4.24. The number of methoxy groups -OCH3 is 2. The van der Waals surface area contributed by atoms with E-state index in [4.69, 9.17) is 9.47 Å². The fraction of sp³-hybridized carbons (Fsp3) is 0.148. The zero-order chi connectivity index (χ0) is 24.7. The predicted molar refractivity (Wildman–Crippen MR) is 132 cm³/mol. The Morgan fingerprint density at radius 3 is 2.26 bits per heavy atom. The maximum Gasteiger partial charge on any atom is 0.302 e. The van der Waals surface area contributed by atoms with Crippen LogP contribution in [0.1, 0.15) is 22.7 Å². The molecule has 1 fully saturated rings. The number of aliphatic hydroxyl groups excluding tert-OH is 1. The number of ether oxygens (including phenoxy) is 2. The molecule has 8 nitrogen and oxygen atoms in total. The molecule has 0 bridgehead atoms. The number of aryl methyl sites for hydroxylation is 1. The maximum absolute atomic E-state index is 13.3. The first kappa shape index (κ1) is 22.2. The molecule has 2 N–H and O–H groups in total. The number of ketones is 1. The number of benzene rings is 3. The first-order chi connectivity index (χ1) is 16.9. The summed E-state index contributed by atoms with van der Waals surface area (Å²) in [6.07, 6.45) is 0. The lowest BCUT2D eigenvalue weighted by atomic mass is 9.95. The standard InChI is InChI=1S/C27H23N3O5/c1-15-4-6-17(7-5-15)24(31)22-23(16-8-10-18(34-2)11-9-16)30(26(33)25(22)32)27-28-20-13-12-19(35-3)14-21(20)29-27/h4-14,23,31H,1-3H3,(H,28,29)/b24-22+. The molecule has 3 aromatic carbocycles. The molecule has 4 aromatic rings. The van der Waals surface area contributed by atoms with Crippen LogP contribution >= 0.6 is 0 Å². The van der Waals surface area contributed by atoms with Gasteiger partial charge in [-0.1, -0.05) is 42.0 Å². The molecular weight excluding hydrogens is 446 g/mol. The van der Waals surface area contributed by atoms with E-state index in [9.17, 15) is 14.7 Å². The lowest BCUT2D eigenvalue weighted by Crippen LogP contribution is -2.30. The first-order valence-corrected chi connectivity index (χ1v) is 11.0. The highest BCUT2D eigenvalue weighted by Crippen LogP contribution is 2.42. The van der Waals surface area contributed by atoms with Gasteiger partial charge in [0.05, 0.1) is 36.9 Å². The van der Waals surface area contributed by atoms with Gasteiger partial charge in [0.1, 0.15) is 17.3 Å². The van der Waals surface area contributed by atoms with E-state index in [2.05, 4.69) is 9.97 Å². The third-order valence-corrected chi connectivity index (χ3v) is 6.11. The summed E-state index contributed by atoms with van der Waals surface area (Å²) in [6.45, 7) is 1.93. The van der Waals surface area contributed by atoms with E-state index in [0.29, 0.717) is 33.7 Å². The highest BCUT2D eigenvalue weighted by Gasteiger charge is 2.48. The van der Waals surface area contributed by atoms with Crippen molar-refractivity contribution in [3.05, 3.63) is 89.0 Å². The second kappa shape index (κ2) is 8.64. The Labute approximate surface area is 201 Å². The second-order valence-electron chi connectivity index (χ2n) is 8.25. The largest absolute Gasteiger partial charge is 0.507 e. The number of rotatable bonds is 5. The lowest BCUT2D eigenvalue weighted by Gasteiger charge is -2.23. The van der Waals surface area contributed by atoms with Crippen molar-refractivity contribution < 1.29 is 24.2 Å². The van der Waals surface area contributed by atoms with E-state index in [1.54, 1.807) is 68.8 Å². The van der Waals surface area contributed by atoms with Gasteiger partial charge in [-0.25, -0.2) is 4.98 Å². The van der Waals surface area contributed by atoms with Crippen molar-refractivity contribution in [1.29, 1.82) is 0 Å². The Morgan fingerprint density at radius 1 is 0.943 bits per heavy atom. The molecule has 0 aliphatic carbocycles. The van der Waals surface area contributed by atoms with Crippen LogP contribution in [0, 0.1) is 6.92 Å². The van der Waals surface area contributed by atoms with E-state index in [-0.39, 0.29) is 17.3 Å². The number of Topliss-reactive ketones (excluding diaryl/α,β-unsaturated/α-hetero) is 1. The molecule has 0 saturated carbocycles. The Kier molecular flexibility index (Phi) is 5.49. The van der Waals surface area contributed by atoms with Crippen LogP contribution in [0.5, 0.6) is 11.5 Å². The molecule has 1 amide bonds. The molecule has 1 aliphatic rings. The Balaban J connectivity index is 1.70. The number of aromatic nitrogens is 2. The van der Waals surface area contributed by atoms with E-state index < -0.39 is 17.7 Å². The molecule has 35 heavy (non-hydrogen) atoms. The number of amides is 1. The summed E-state index contributed by atoms with van der Waals surface area (Å²) in [6, 6.07) is 18.5. The number of H-pyrrole nitrogens is 1. The third-order valence-electron chi connectivity index (χ3n) is 6.11. The molecule has 0 radical (unpaired) electrons. The van der Waals surface area contributed by atoms with E-state index in [1.165, 1.54) is 4.90 Å². The topological polar surface area (TPSA) is 105 Å². The third kappa shape index (κ3) is 3.78. The number of anilines is 1. The SMILES string of the molecule is COc1ccc(C2/C(=C(\O)c3ccc(C)cc3)C(=O)C(=O)N2c2nc3ccc(OC)cc3[nH]2)cc1. The number of nitrogens with one attached hydrogen (secondary N) is 1. The fourth-order valence-electron chi connectivity index (χ4n) is 4.24. The molecule has 1 saturated heterocycles. The zero-order valence-corrected chi connectivity index (χ0v) is 19.4. The monoisotopic (exact) mass is 469 g/mol. The van der Waals surface area contributed by atoms with Gasteiger partial charge >= 0.3 is 5.91 Å². The molecule has 0 spiro atoms. The maximum atomic E-state index is 13.3. The van der Waals surface area contributed by atoms with E-state index >= 15 is 0 Å². The minimum absolute atomic E-state index is 0.0120. The number of nitrogens with zero attached hydrogens (tertiary/aromatic N) is 2. The average Bonchev–Trinajstić information content (AvgIpc) is 3.41. The van der Waals surface area contributed by atoms with Crippen molar-refractivity contribution in [3.8, 4) is 11.5 Å². The van der Waals surface area contributed by atoms with Crippen LogP contribution in [0.2, 0.25) is 0 Å². The highest BCUT2D eigenvalue weighted by atomic mass is 16.5. The van der Waals surface area contributed by atoms with Gasteiger partial charge in [-0.2, -0.15) is 0 Å². The highest BCUT2D eigenvalue weighted by molar-refractivity contribution is 6.51. The molecule has 8 heteroatoms. The molecule has 5 rings (SSSR count). The predicted octanol–water partition coefficient (Wildman–Crippen LogP) is 4.51. The molecule has 2 heterocycles. The van der Waals surface area contributed by atoms with Crippen LogP contribution in [0.15, 0.2) is 72.3 Å². The number of carbonyl (C=O) groups excluding carboxylic acids is 2. The molecule has 1 unspecified atom stereocenters. The lowest BCUT2D eigenvalue weighted by molar-refractivity contribution is -0.132. The Morgan fingerprint density at radius 2 is 1.60 bits per heavy atom. The van der Waals surface area contributed by atoms with Crippen molar-refractivity contribution in [1.82, 2.24) is 9.97 Å². The van der Waals surface area contributed by atoms with E-state index in [0.717, 1.165) is 5.56 Å². The summed E-state index contributed by atoms with van der Waals surface area (Å²) >= 11 is 0. The van der Waals surface area contributed by atoms with Gasteiger partial charge < -0.3 is 19.6 Å². The number of aromatic amines is 1. The number of hydrogen-bond donors (Lipinski definition) is 2. The summed E-state index contributed by atoms with van der Waals surface area (Å²) in [5.41, 5.74) is 3.31. The van der Waals surface area contributed by atoms with Crippen LogP contribution in [-0.4, -0.2) is 41.0 Å². The molecule has 1 aliphatic heterocycles. The van der Waals surface area contributed by atoms with E-state index in [1.807, 2.05) is 19.1 Å². The summed E-state index contributed by atoms with van der Waals surface area (Å²) in [4.78, 5) is 35.6.